The highest BCUT2D eigenvalue weighted by Gasteiger charge is 2.45. The molecule has 6 rings (SSSR count). The van der Waals surface area contributed by atoms with Gasteiger partial charge in [0.05, 0.1) is 0 Å². The summed E-state index contributed by atoms with van der Waals surface area (Å²) >= 11 is 0. The van der Waals surface area contributed by atoms with E-state index >= 15 is 0 Å². The van der Waals surface area contributed by atoms with Gasteiger partial charge in [0.15, 0.2) is 0 Å². The van der Waals surface area contributed by atoms with Gasteiger partial charge in [-0.15, -0.1) is 0 Å². The van der Waals surface area contributed by atoms with Gasteiger partial charge in [0, 0.05) is 43.5 Å². The lowest BCUT2D eigenvalue weighted by Crippen LogP contribution is -2.49. The van der Waals surface area contributed by atoms with E-state index in [0.717, 1.165) is 11.9 Å². The van der Waals surface area contributed by atoms with Crippen LogP contribution in [-0.4, -0.2) is 53.9 Å². The topological polar surface area (TPSA) is 94.6 Å². The Morgan fingerprint density at radius 1 is 1.06 bits per heavy atom. The predicted octanol–water partition coefficient (Wildman–Crippen LogP) is 2.99. The smallest absolute Gasteiger partial charge is 0.322 e. The van der Waals surface area contributed by atoms with Crippen molar-refractivity contribution in [3.05, 3.63) is 58.5 Å². The van der Waals surface area contributed by atoms with E-state index in [1.54, 1.807) is 4.90 Å². The summed E-state index contributed by atoms with van der Waals surface area (Å²) in [4.78, 5) is 45.6. The minimum Gasteiger partial charge on any atom is -0.353 e. The van der Waals surface area contributed by atoms with Crippen LogP contribution in [0, 0.1) is 5.82 Å². The molecule has 2 aliphatic carbocycles. The largest absolute Gasteiger partial charge is 0.353 e. The second-order valence-corrected chi connectivity index (χ2v) is 10.2. The number of aromatic nitrogens is 1. The van der Waals surface area contributed by atoms with Crippen LogP contribution in [0.3, 0.4) is 0 Å². The molecule has 2 saturated heterocycles. The lowest BCUT2D eigenvalue weighted by Gasteiger charge is -2.36. The van der Waals surface area contributed by atoms with Gasteiger partial charge in [-0.2, -0.15) is 0 Å². The lowest BCUT2D eigenvalue weighted by molar-refractivity contribution is -0.123. The second kappa shape index (κ2) is 8.03. The Bertz CT molecular complexity index is 1230. The number of imide groups is 1. The van der Waals surface area contributed by atoms with Crippen molar-refractivity contribution in [1.82, 2.24) is 20.5 Å². The van der Waals surface area contributed by atoms with E-state index < -0.39 is 23.3 Å². The Kier molecular flexibility index (Phi) is 5.05. The molecule has 4 aliphatic rings. The molecule has 1 aromatic heterocycles. The molecule has 2 N–H and O–H groups in total. The number of urea groups is 1. The zero-order chi connectivity index (χ0) is 24.3. The summed E-state index contributed by atoms with van der Waals surface area (Å²) in [6.07, 6.45) is 6.97. The van der Waals surface area contributed by atoms with Gasteiger partial charge in [-0.3, -0.25) is 14.9 Å². The number of carbonyl (C=O) groups is 3. The molecule has 0 radical (unpaired) electrons. The number of rotatable bonds is 5. The number of pyridine rings is 1. The van der Waals surface area contributed by atoms with Crippen LogP contribution in [0.1, 0.15) is 71.5 Å². The van der Waals surface area contributed by atoms with Crippen molar-refractivity contribution < 1.29 is 18.8 Å². The summed E-state index contributed by atoms with van der Waals surface area (Å²) in [7, 11) is 0. The van der Waals surface area contributed by atoms with Crippen molar-refractivity contribution >= 4 is 23.7 Å². The van der Waals surface area contributed by atoms with E-state index in [4.69, 9.17) is 4.98 Å². The van der Waals surface area contributed by atoms with Gasteiger partial charge in [-0.05, 0) is 67.7 Å². The Hall–Kier alpha value is -3.49. The summed E-state index contributed by atoms with van der Waals surface area (Å²) in [5.41, 5.74) is 1.45. The summed E-state index contributed by atoms with van der Waals surface area (Å²) in [6.45, 7) is 3.83. The SMILES string of the molecule is C[C@]1(c2ccc(C(=O)N3CCN(c4ncc(C5CC5)cc4C4CC4)CC3)cc2F)NC(=O)NC1=O. The Morgan fingerprint density at radius 2 is 1.77 bits per heavy atom. The fourth-order valence-electron chi connectivity index (χ4n) is 5.18. The molecular formula is C26H28FN5O3. The molecule has 0 spiro atoms. The molecule has 8 nitrogen and oxygen atoms in total. The number of anilines is 1. The summed E-state index contributed by atoms with van der Waals surface area (Å²) in [5.74, 6) is 0.747. The number of carbonyl (C=O) groups excluding carboxylic acids is 3. The van der Waals surface area contributed by atoms with Crippen LogP contribution in [0.15, 0.2) is 30.5 Å². The van der Waals surface area contributed by atoms with Crippen LogP contribution in [0.25, 0.3) is 0 Å². The van der Waals surface area contributed by atoms with Crippen LogP contribution in [-0.2, 0) is 10.3 Å². The van der Waals surface area contributed by atoms with E-state index in [9.17, 15) is 18.8 Å². The van der Waals surface area contributed by atoms with E-state index in [2.05, 4.69) is 21.6 Å². The first kappa shape index (κ1) is 22.0. The monoisotopic (exact) mass is 477 g/mol. The van der Waals surface area contributed by atoms with Crippen molar-refractivity contribution in [3.8, 4) is 0 Å². The van der Waals surface area contributed by atoms with Gasteiger partial charge in [-0.1, -0.05) is 12.1 Å². The molecule has 1 aromatic carbocycles. The van der Waals surface area contributed by atoms with Gasteiger partial charge in [-0.25, -0.2) is 14.2 Å². The van der Waals surface area contributed by atoms with Crippen molar-refractivity contribution in [1.29, 1.82) is 0 Å². The molecule has 0 unspecified atom stereocenters. The number of halogens is 1. The van der Waals surface area contributed by atoms with Gasteiger partial charge < -0.3 is 15.1 Å². The third kappa shape index (κ3) is 3.92. The van der Waals surface area contributed by atoms with E-state index in [-0.39, 0.29) is 17.0 Å². The maximum Gasteiger partial charge on any atom is 0.322 e. The molecule has 4 amide bonds. The van der Waals surface area contributed by atoms with Crippen molar-refractivity contribution in [2.24, 2.45) is 0 Å². The minimum atomic E-state index is -1.50. The molecular weight excluding hydrogens is 449 g/mol. The Morgan fingerprint density at radius 3 is 2.37 bits per heavy atom. The molecule has 182 valence electrons. The molecule has 9 heteroatoms. The zero-order valence-electron chi connectivity index (χ0n) is 19.6. The molecule has 4 fully saturated rings. The van der Waals surface area contributed by atoms with Crippen LogP contribution in [0.4, 0.5) is 15.0 Å². The van der Waals surface area contributed by atoms with Crippen LogP contribution in [0.5, 0.6) is 0 Å². The first-order valence-electron chi connectivity index (χ1n) is 12.3. The van der Waals surface area contributed by atoms with E-state index in [1.165, 1.54) is 55.9 Å². The highest BCUT2D eigenvalue weighted by Crippen LogP contribution is 2.47. The predicted molar refractivity (Wildman–Crippen MR) is 127 cm³/mol. The van der Waals surface area contributed by atoms with Gasteiger partial charge >= 0.3 is 6.03 Å². The molecule has 0 bridgehead atoms. The first-order valence-corrected chi connectivity index (χ1v) is 12.3. The number of nitrogens with zero attached hydrogens (tertiary/aromatic N) is 3. The molecule has 2 aromatic rings. The first-order chi connectivity index (χ1) is 16.8. The third-order valence-electron chi connectivity index (χ3n) is 7.65. The number of piperazine rings is 1. The third-order valence-corrected chi connectivity index (χ3v) is 7.65. The highest BCUT2D eigenvalue weighted by molar-refractivity contribution is 6.07. The van der Waals surface area contributed by atoms with Crippen LogP contribution < -0.4 is 15.5 Å². The quantitative estimate of drug-likeness (QED) is 0.646. The molecule has 3 heterocycles. The minimum absolute atomic E-state index is 0.0237. The zero-order valence-corrected chi connectivity index (χ0v) is 19.6. The van der Waals surface area contributed by atoms with E-state index in [0.29, 0.717) is 38.0 Å². The number of nitrogens with one attached hydrogen (secondary N) is 2. The fourth-order valence-corrected chi connectivity index (χ4v) is 5.18. The normalized spacial score (nSPS) is 24.4. The van der Waals surface area contributed by atoms with E-state index in [1.807, 2.05) is 6.20 Å². The van der Waals surface area contributed by atoms with Crippen molar-refractivity contribution in [2.45, 2.75) is 50.0 Å². The molecule has 1 atom stereocenters. The van der Waals surface area contributed by atoms with Crippen LogP contribution >= 0.6 is 0 Å². The average molecular weight is 478 g/mol. The highest BCUT2D eigenvalue weighted by atomic mass is 19.1. The Balaban J connectivity index is 1.15. The maximum atomic E-state index is 15.0. The number of hydrogen-bond acceptors (Lipinski definition) is 5. The lowest BCUT2D eigenvalue weighted by atomic mass is 9.91. The van der Waals surface area contributed by atoms with Gasteiger partial charge in [0.1, 0.15) is 17.2 Å². The molecule has 35 heavy (non-hydrogen) atoms. The van der Waals surface area contributed by atoms with Gasteiger partial charge in [0.25, 0.3) is 11.8 Å². The number of hydrogen-bond donors (Lipinski definition) is 2. The van der Waals surface area contributed by atoms with Crippen molar-refractivity contribution in [3.63, 3.8) is 0 Å². The standard InChI is InChI=1S/C26H28FN5O3/c1-26(24(34)29-25(35)30-26)20-7-6-17(13-21(20)27)23(33)32-10-8-31(9-11-32)22-19(16-4-5-16)12-18(14-28-22)15-2-3-15/h6-7,12-16H,2-5,8-11H2,1H3,(H2,29,30,34,35)/t26-/m1/s1. The fraction of sp³-hybridized carbons (Fsp3) is 0.462. The Labute approximate surface area is 202 Å². The average Bonchev–Trinajstić information content (AvgIpc) is 3.76. The summed E-state index contributed by atoms with van der Waals surface area (Å²) in [6, 6.07) is 5.75. The second-order valence-electron chi connectivity index (χ2n) is 10.2. The number of benzene rings is 1. The summed E-state index contributed by atoms with van der Waals surface area (Å²) < 4.78 is 15.0. The maximum absolute atomic E-state index is 15.0. The van der Waals surface area contributed by atoms with Crippen LogP contribution in [0.2, 0.25) is 0 Å². The molecule has 2 aliphatic heterocycles. The van der Waals surface area contributed by atoms with Gasteiger partial charge in [0.2, 0.25) is 0 Å². The van der Waals surface area contributed by atoms with Crippen molar-refractivity contribution in [2.75, 3.05) is 31.1 Å². The molecule has 2 saturated carbocycles. The number of amides is 4. The summed E-state index contributed by atoms with van der Waals surface area (Å²) in [5, 5.41) is 4.58.